The number of rotatable bonds is 7. The molecule has 5 heteroatoms. The van der Waals surface area contributed by atoms with E-state index in [0.29, 0.717) is 19.8 Å². The minimum atomic E-state index is -0.421. The Bertz CT molecular complexity index is 494. The molecule has 1 aliphatic rings. The number of hydrogen-bond acceptors (Lipinski definition) is 5. The van der Waals surface area contributed by atoms with Gasteiger partial charge in [0.25, 0.3) is 0 Å². The van der Waals surface area contributed by atoms with Crippen LogP contribution >= 0.6 is 0 Å². The van der Waals surface area contributed by atoms with Gasteiger partial charge in [0, 0.05) is 44.5 Å². The Hall–Kier alpha value is -1.30. The molecule has 1 unspecified atom stereocenters. The van der Waals surface area contributed by atoms with Gasteiger partial charge in [-0.25, -0.2) is 0 Å². The highest BCUT2D eigenvalue weighted by molar-refractivity contribution is 5.51. The van der Waals surface area contributed by atoms with Crippen molar-refractivity contribution in [2.75, 3.05) is 57.9 Å². The Morgan fingerprint density at radius 1 is 1.17 bits per heavy atom. The molecule has 0 radical (unpaired) electrons. The summed E-state index contributed by atoms with van der Waals surface area (Å²) in [7, 11) is 1.69. The van der Waals surface area contributed by atoms with Gasteiger partial charge in [-0.15, -0.1) is 0 Å². The second-order valence-electron chi connectivity index (χ2n) is 7.72. The third kappa shape index (κ3) is 6.30. The maximum Gasteiger partial charge on any atom is 0.120 e. The maximum absolute atomic E-state index is 10.2. The lowest BCUT2D eigenvalue weighted by molar-refractivity contribution is -0.00741. The van der Waals surface area contributed by atoms with Crippen LogP contribution in [0, 0.1) is 5.41 Å². The molecule has 1 heterocycles. The van der Waals surface area contributed by atoms with Crippen molar-refractivity contribution in [3.8, 4) is 5.75 Å². The van der Waals surface area contributed by atoms with Gasteiger partial charge in [0.1, 0.15) is 5.75 Å². The second kappa shape index (κ2) is 8.70. The van der Waals surface area contributed by atoms with E-state index in [-0.39, 0.29) is 5.41 Å². The zero-order valence-electron chi connectivity index (χ0n) is 15.5. The quantitative estimate of drug-likeness (QED) is 0.827. The predicted molar refractivity (Wildman–Crippen MR) is 97.9 cm³/mol. The molecule has 0 amide bonds. The van der Waals surface area contributed by atoms with Crippen molar-refractivity contribution in [3.63, 3.8) is 0 Å². The van der Waals surface area contributed by atoms with E-state index >= 15 is 0 Å². The first-order chi connectivity index (χ1) is 11.4. The van der Waals surface area contributed by atoms with Crippen molar-refractivity contribution in [3.05, 3.63) is 24.3 Å². The fourth-order valence-corrected chi connectivity index (χ4v) is 2.85. The largest absolute Gasteiger partial charge is 0.497 e. The minimum Gasteiger partial charge on any atom is -0.497 e. The van der Waals surface area contributed by atoms with Crippen LogP contribution in [0.25, 0.3) is 0 Å². The Morgan fingerprint density at radius 3 is 2.50 bits per heavy atom. The molecule has 136 valence electrons. The van der Waals surface area contributed by atoms with Crippen LogP contribution in [0.4, 0.5) is 5.69 Å². The highest BCUT2D eigenvalue weighted by Crippen LogP contribution is 2.22. The summed E-state index contributed by atoms with van der Waals surface area (Å²) < 4.78 is 10.9. The molecule has 1 fully saturated rings. The van der Waals surface area contributed by atoms with Crippen LogP contribution in [0.15, 0.2) is 24.3 Å². The maximum atomic E-state index is 10.2. The second-order valence-corrected chi connectivity index (χ2v) is 7.72. The molecule has 1 saturated heterocycles. The van der Waals surface area contributed by atoms with Gasteiger partial charge in [-0.05, 0) is 17.5 Å². The molecule has 5 nitrogen and oxygen atoms in total. The van der Waals surface area contributed by atoms with E-state index in [0.717, 1.165) is 31.9 Å². The number of methoxy groups -OCH3 is 1. The first-order valence-electron chi connectivity index (χ1n) is 8.74. The standard InChI is InChI=1S/C19H32N2O3/c1-19(2,3)15-24-14-17(22)13-20-8-10-21(11-9-20)16-6-5-7-18(12-16)23-4/h5-7,12,17,22H,8-11,13-15H2,1-4H3. The molecule has 0 saturated carbocycles. The van der Waals surface area contributed by atoms with E-state index < -0.39 is 6.10 Å². The van der Waals surface area contributed by atoms with Crippen molar-refractivity contribution in [1.29, 1.82) is 0 Å². The van der Waals surface area contributed by atoms with Crippen molar-refractivity contribution >= 4 is 5.69 Å². The average Bonchev–Trinajstić information content (AvgIpc) is 2.54. The van der Waals surface area contributed by atoms with Crippen molar-refractivity contribution < 1.29 is 14.6 Å². The third-order valence-electron chi connectivity index (χ3n) is 4.11. The van der Waals surface area contributed by atoms with Crippen LogP contribution in [0.2, 0.25) is 0 Å². The molecule has 1 atom stereocenters. The fraction of sp³-hybridized carbons (Fsp3) is 0.684. The molecule has 1 aromatic carbocycles. The summed E-state index contributed by atoms with van der Waals surface area (Å²) in [6.07, 6.45) is -0.421. The topological polar surface area (TPSA) is 45.2 Å². The van der Waals surface area contributed by atoms with Gasteiger partial charge in [0.2, 0.25) is 0 Å². The monoisotopic (exact) mass is 336 g/mol. The molecule has 0 spiro atoms. The normalized spacial score (nSPS) is 17.8. The van der Waals surface area contributed by atoms with Gasteiger partial charge in [-0.3, -0.25) is 4.90 Å². The summed E-state index contributed by atoms with van der Waals surface area (Å²) in [6.45, 7) is 12.0. The summed E-state index contributed by atoms with van der Waals surface area (Å²) in [5.41, 5.74) is 1.34. The van der Waals surface area contributed by atoms with Crippen molar-refractivity contribution in [2.45, 2.75) is 26.9 Å². The number of anilines is 1. The number of ether oxygens (including phenoxy) is 2. The summed E-state index contributed by atoms with van der Waals surface area (Å²) >= 11 is 0. The van der Waals surface area contributed by atoms with E-state index in [4.69, 9.17) is 9.47 Å². The summed E-state index contributed by atoms with van der Waals surface area (Å²) in [5, 5.41) is 10.2. The molecule has 1 aromatic rings. The highest BCUT2D eigenvalue weighted by Gasteiger charge is 2.20. The smallest absolute Gasteiger partial charge is 0.120 e. The van der Waals surface area contributed by atoms with Crippen LogP contribution in [0.3, 0.4) is 0 Å². The van der Waals surface area contributed by atoms with Gasteiger partial charge < -0.3 is 19.5 Å². The number of nitrogens with zero attached hydrogens (tertiary/aromatic N) is 2. The molecule has 24 heavy (non-hydrogen) atoms. The Balaban J connectivity index is 1.72. The lowest BCUT2D eigenvalue weighted by atomic mass is 9.99. The van der Waals surface area contributed by atoms with E-state index in [1.165, 1.54) is 5.69 Å². The number of piperazine rings is 1. The van der Waals surface area contributed by atoms with E-state index in [2.05, 4.69) is 42.7 Å². The van der Waals surface area contributed by atoms with Crippen LogP contribution in [-0.4, -0.2) is 69.2 Å². The molecule has 2 rings (SSSR count). The van der Waals surface area contributed by atoms with Crippen molar-refractivity contribution in [2.24, 2.45) is 5.41 Å². The lowest BCUT2D eigenvalue weighted by Gasteiger charge is -2.37. The van der Waals surface area contributed by atoms with Crippen LogP contribution in [0.5, 0.6) is 5.75 Å². The molecule has 1 aliphatic heterocycles. The number of aliphatic hydroxyl groups excluding tert-OH is 1. The van der Waals surface area contributed by atoms with Gasteiger partial charge in [0.15, 0.2) is 0 Å². The molecule has 0 aromatic heterocycles. The van der Waals surface area contributed by atoms with Crippen LogP contribution < -0.4 is 9.64 Å². The SMILES string of the molecule is COc1cccc(N2CCN(CC(O)COCC(C)(C)C)CC2)c1. The van der Waals surface area contributed by atoms with Gasteiger partial charge in [-0.2, -0.15) is 0 Å². The molecule has 0 aliphatic carbocycles. The van der Waals surface area contributed by atoms with E-state index in [1.54, 1.807) is 7.11 Å². The predicted octanol–water partition coefficient (Wildman–Crippen LogP) is 2.24. The average molecular weight is 336 g/mol. The molecule has 1 N–H and O–H groups in total. The zero-order chi connectivity index (χ0) is 17.6. The van der Waals surface area contributed by atoms with Gasteiger partial charge >= 0.3 is 0 Å². The number of hydrogen-bond donors (Lipinski definition) is 1. The van der Waals surface area contributed by atoms with E-state index in [1.807, 2.05) is 12.1 Å². The molecular formula is C19H32N2O3. The van der Waals surface area contributed by atoms with Crippen LogP contribution in [-0.2, 0) is 4.74 Å². The molecule has 0 bridgehead atoms. The fourth-order valence-electron chi connectivity index (χ4n) is 2.85. The van der Waals surface area contributed by atoms with Gasteiger partial charge in [-0.1, -0.05) is 26.8 Å². The van der Waals surface area contributed by atoms with Gasteiger partial charge in [0.05, 0.1) is 26.4 Å². The Morgan fingerprint density at radius 2 is 1.88 bits per heavy atom. The summed E-state index contributed by atoms with van der Waals surface area (Å²) in [5.74, 6) is 0.890. The first kappa shape index (κ1) is 19.0. The van der Waals surface area contributed by atoms with Crippen LogP contribution in [0.1, 0.15) is 20.8 Å². The Labute approximate surface area is 146 Å². The number of aliphatic hydroxyl groups is 1. The molecular weight excluding hydrogens is 304 g/mol. The summed E-state index contributed by atoms with van der Waals surface area (Å²) in [4.78, 5) is 4.67. The van der Waals surface area contributed by atoms with E-state index in [9.17, 15) is 5.11 Å². The zero-order valence-corrected chi connectivity index (χ0v) is 15.5. The third-order valence-corrected chi connectivity index (χ3v) is 4.11. The minimum absolute atomic E-state index is 0.141. The van der Waals surface area contributed by atoms with Crippen molar-refractivity contribution in [1.82, 2.24) is 4.90 Å². The number of benzene rings is 1. The first-order valence-corrected chi connectivity index (χ1v) is 8.74. The lowest BCUT2D eigenvalue weighted by Crippen LogP contribution is -2.49. The Kier molecular flexibility index (Phi) is 6.90. The number of β-amino-alcohol motifs (C(OH)–C–C–N with tert-alkyl or cyclic N) is 1. The summed E-state index contributed by atoms with van der Waals surface area (Å²) in [6, 6.07) is 8.18. The highest BCUT2D eigenvalue weighted by atomic mass is 16.5.